The zero-order valence-electron chi connectivity index (χ0n) is 7.93. The SMILES string of the molecule is CC1(NC(=O)NC2CC2)CCOC1. The van der Waals surface area contributed by atoms with Crippen molar-refractivity contribution in [3.05, 3.63) is 0 Å². The Labute approximate surface area is 78.0 Å². The third-order valence-electron chi connectivity index (χ3n) is 2.55. The summed E-state index contributed by atoms with van der Waals surface area (Å²) in [4.78, 5) is 11.4. The van der Waals surface area contributed by atoms with Gasteiger partial charge in [-0.2, -0.15) is 0 Å². The van der Waals surface area contributed by atoms with Gasteiger partial charge in [0, 0.05) is 12.6 Å². The summed E-state index contributed by atoms with van der Waals surface area (Å²) in [6.07, 6.45) is 3.16. The number of carbonyl (C=O) groups excluding carboxylic acids is 1. The molecule has 0 radical (unpaired) electrons. The molecule has 1 atom stereocenters. The van der Waals surface area contributed by atoms with Crippen molar-refractivity contribution in [2.45, 2.75) is 37.8 Å². The molecule has 4 heteroatoms. The number of urea groups is 1. The van der Waals surface area contributed by atoms with Gasteiger partial charge in [-0.05, 0) is 26.2 Å². The number of ether oxygens (including phenoxy) is 1. The summed E-state index contributed by atoms with van der Waals surface area (Å²) < 4.78 is 5.24. The lowest BCUT2D eigenvalue weighted by Gasteiger charge is -2.23. The summed E-state index contributed by atoms with van der Waals surface area (Å²) in [7, 11) is 0. The lowest BCUT2D eigenvalue weighted by Crippen LogP contribution is -2.51. The Morgan fingerprint density at radius 3 is 2.85 bits per heavy atom. The molecular weight excluding hydrogens is 168 g/mol. The maximum Gasteiger partial charge on any atom is 0.315 e. The molecule has 0 spiro atoms. The zero-order chi connectivity index (χ0) is 9.31. The first kappa shape index (κ1) is 8.81. The van der Waals surface area contributed by atoms with Gasteiger partial charge >= 0.3 is 6.03 Å². The number of amides is 2. The Balaban J connectivity index is 1.77. The molecule has 1 saturated heterocycles. The standard InChI is InChI=1S/C9H16N2O2/c1-9(4-5-13-6-9)11-8(12)10-7-2-3-7/h7H,2-6H2,1H3,(H2,10,11,12). The van der Waals surface area contributed by atoms with Crippen molar-refractivity contribution < 1.29 is 9.53 Å². The molecule has 0 aromatic carbocycles. The van der Waals surface area contributed by atoms with Crippen molar-refractivity contribution in [1.82, 2.24) is 10.6 Å². The average Bonchev–Trinajstić information content (AvgIpc) is 2.74. The molecule has 0 aromatic rings. The van der Waals surface area contributed by atoms with Crippen LogP contribution in [-0.4, -0.2) is 30.8 Å². The summed E-state index contributed by atoms with van der Waals surface area (Å²) in [6, 6.07) is 0.376. The van der Waals surface area contributed by atoms with Gasteiger partial charge in [-0.1, -0.05) is 0 Å². The number of carbonyl (C=O) groups is 1. The second-order valence-electron chi connectivity index (χ2n) is 4.24. The topological polar surface area (TPSA) is 50.4 Å². The highest BCUT2D eigenvalue weighted by Crippen LogP contribution is 2.20. The first-order chi connectivity index (χ1) is 6.18. The highest BCUT2D eigenvalue weighted by molar-refractivity contribution is 5.75. The fourth-order valence-electron chi connectivity index (χ4n) is 1.49. The quantitative estimate of drug-likeness (QED) is 0.661. The normalized spacial score (nSPS) is 33.0. The minimum Gasteiger partial charge on any atom is -0.379 e. The minimum absolute atomic E-state index is 0.0458. The molecule has 74 valence electrons. The van der Waals surface area contributed by atoms with E-state index in [1.807, 2.05) is 6.92 Å². The van der Waals surface area contributed by atoms with Crippen LogP contribution >= 0.6 is 0 Å². The monoisotopic (exact) mass is 184 g/mol. The second-order valence-corrected chi connectivity index (χ2v) is 4.24. The number of rotatable bonds is 2. The number of nitrogens with one attached hydrogen (secondary N) is 2. The summed E-state index contributed by atoms with van der Waals surface area (Å²) in [5.74, 6) is 0. The van der Waals surface area contributed by atoms with Crippen molar-refractivity contribution in [3.8, 4) is 0 Å². The summed E-state index contributed by atoms with van der Waals surface area (Å²) in [5, 5.41) is 5.85. The Hall–Kier alpha value is -0.770. The van der Waals surface area contributed by atoms with Crippen LogP contribution in [0.5, 0.6) is 0 Å². The molecule has 1 heterocycles. The van der Waals surface area contributed by atoms with E-state index in [9.17, 15) is 4.79 Å². The first-order valence-corrected chi connectivity index (χ1v) is 4.84. The Kier molecular flexibility index (Phi) is 2.15. The van der Waals surface area contributed by atoms with Crippen molar-refractivity contribution in [3.63, 3.8) is 0 Å². The van der Waals surface area contributed by atoms with Crippen molar-refractivity contribution >= 4 is 6.03 Å². The predicted octanol–water partition coefficient (Wildman–Crippen LogP) is 0.627. The second kappa shape index (κ2) is 3.18. The molecule has 0 aromatic heterocycles. The number of hydrogen-bond donors (Lipinski definition) is 2. The Morgan fingerprint density at radius 2 is 2.31 bits per heavy atom. The molecule has 2 aliphatic rings. The molecule has 2 rings (SSSR count). The lowest BCUT2D eigenvalue weighted by molar-refractivity contribution is 0.170. The van der Waals surface area contributed by atoms with Gasteiger partial charge < -0.3 is 15.4 Å². The maximum absolute atomic E-state index is 11.4. The van der Waals surface area contributed by atoms with E-state index in [0.717, 1.165) is 25.9 Å². The van der Waals surface area contributed by atoms with Gasteiger partial charge in [0.1, 0.15) is 0 Å². The van der Waals surface area contributed by atoms with E-state index in [2.05, 4.69) is 10.6 Å². The summed E-state index contributed by atoms with van der Waals surface area (Å²) >= 11 is 0. The van der Waals surface area contributed by atoms with Gasteiger partial charge in [0.2, 0.25) is 0 Å². The molecule has 2 fully saturated rings. The average molecular weight is 184 g/mol. The van der Waals surface area contributed by atoms with E-state index < -0.39 is 0 Å². The highest BCUT2D eigenvalue weighted by atomic mass is 16.5. The van der Waals surface area contributed by atoms with E-state index in [1.165, 1.54) is 0 Å². The van der Waals surface area contributed by atoms with Crippen LogP contribution in [0.2, 0.25) is 0 Å². The molecule has 2 N–H and O–H groups in total. The largest absolute Gasteiger partial charge is 0.379 e. The van der Waals surface area contributed by atoms with Gasteiger partial charge in [0.25, 0.3) is 0 Å². The van der Waals surface area contributed by atoms with Gasteiger partial charge in [-0.3, -0.25) is 0 Å². The summed E-state index contributed by atoms with van der Waals surface area (Å²) in [5.41, 5.74) is -0.154. The van der Waals surface area contributed by atoms with Gasteiger partial charge in [-0.25, -0.2) is 4.79 Å². The van der Waals surface area contributed by atoms with Crippen LogP contribution in [0.1, 0.15) is 26.2 Å². The zero-order valence-corrected chi connectivity index (χ0v) is 7.93. The van der Waals surface area contributed by atoms with E-state index in [0.29, 0.717) is 12.6 Å². The molecule has 1 aliphatic carbocycles. The predicted molar refractivity (Wildman–Crippen MR) is 48.5 cm³/mol. The van der Waals surface area contributed by atoms with E-state index >= 15 is 0 Å². The van der Waals surface area contributed by atoms with Crippen LogP contribution in [0, 0.1) is 0 Å². The smallest absolute Gasteiger partial charge is 0.315 e. The molecule has 4 nitrogen and oxygen atoms in total. The fraction of sp³-hybridized carbons (Fsp3) is 0.889. The highest BCUT2D eigenvalue weighted by Gasteiger charge is 2.32. The van der Waals surface area contributed by atoms with Crippen LogP contribution in [-0.2, 0) is 4.74 Å². The van der Waals surface area contributed by atoms with E-state index in [4.69, 9.17) is 4.74 Å². The van der Waals surface area contributed by atoms with Crippen LogP contribution in [0.15, 0.2) is 0 Å². The maximum atomic E-state index is 11.4. The van der Waals surface area contributed by atoms with Crippen molar-refractivity contribution in [2.75, 3.05) is 13.2 Å². The van der Waals surface area contributed by atoms with Crippen LogP contribution < -0.4 is 10.6 Å². The molecule has 1 unspecified atom stereocenters. The Morgan fingerprint density at radius 1 is 1.54 bits per heavy atom. The van der Waals surface area contributed by atoms with Gasteiger partial charge in [-0.15, -0.1) is 0 Å². The number of hydrogen-bond acceptors (Lipinski definition) is 2. The van der Waals surface area contributed by atoms with E-state index in [-0.39, 0.29) is 11.6 Å². The van der Waals surface area contributed by atoms with Gasteiger partial charge in [0.05, 0.1) is 12.1 Å². The molecule has 0 bridgehead atoms. The van der Waals surface area contributed by atoms with Crippen molar-refractivity contribution in [1.29, 1.82) is 0 Å². The molecule has 1 aliphatic heterocycles. The molecule has 2 amide bonds. The van der Waals surface area contributed by atoms with Crippen LogP contribution in [0.3, 0.4) is 0 Å². The first-order valence-electron chi connectivity index (χ1n) is 4.84. The van der Waals surface area contributed by atoms with Crippen LogP contribution in [0.4, 0.5) is 4.79 Å². The van der Waals surface area contributed by atoms with E-state index in [1.54, 1.807) is 0 Å². The third-order valence-corrected chi connectivity index (χ3v) is 2.55. The van der Waals surface area contributed by atoms with Crippen molar-refractivity contribution in [2.24, 2.45) is 0 Å². The van der Waals surface area contributed by atoms with Crippen LogP contribution in [0.25, 0.3) is 0 Å². The summed E-state index contributed by atoms with van der Waals surface area (Å²) in [6.45, 7) is 3.40. The molecule has 13 heavy (non-hydrogen) atoms. The van der Waals surface area contributed by atoms with Gasteiger partial charge in [0.15, 0.2) is 0 Å². The lowest BCUT2D eigenvalue weighted by atomic mass is 10.0. The Bertz CT molecular complexity index is 208. The third kappa shape index (κ3) is 2.34. The molecular formula is C9H16N2O2. The molecule has 1 saturated carbocycles. The fourth-order valence-corrected chi connectivity index (χ4v) is 1.49. The minimum atomic E-state index is -0.154.